The predicted molar refractivity (Wildman–Crippen MR) is 36.3 cm³/mol. The number of hydrogen-bond acceptors (Lipinski definition) is 2. The minimum Gasteiger partial charge on any atom is -0.341 e. The fourth-order valence-electron chi connectivity index (χ4n) is 0.480. The molecule has 1 heterocycles. The SMILES string of the molecule is CC(=O)c1nc(Br)c[nH]1. The average molecular weight is 189 g/mol. The molecule has 0 saturated carbocycles. The van der Waals surface area contributed by atoms with Crippen LogP contribution in [-0.4, -0.2) is 15.8 Å². The van der Waals surface area contributed by atoms with E-state index in [-0.39, 0.29) is 5.78 Å². The van der Waals surface area contributed by atoms with Crippen molar-refractivity contribution >= 4 is 21.7 Å². The molecule has 3 nitrogen and oxygen atoms in total. The standard InChI is InChI=1S/C5H5BrN2O/c1-3(9)5-7-2-4(6)8-5/h2H,1H3,(H,7,8). The number of hydrogen-bond donors (Lipinski definition) is 1. The van der Waals surface area contributed by atoms with Gasteiger partial charge in [-0.05, 0) is 15.9 Å². The van der Waals surface area contributed by atoms with E-state index >= 15 is 0 Å². The number of aromatic amines is 1. The number of nitrogens with one attached hydrogen (secondary N) is 1. The molecule has 0 aromatic carbocycles. The zero-order valence-electron chi connectivity index (χ0n) is 4.81. The molecule has 0 aliphatic rings. The average Bonchev–Trinajstić information content (AvgIpc) is 2.14. The number of halogens is 1. The Hall–Kier alpha value is -0.640. The molecule has 9 heavy (non-hydrogen) atoms. The lowest BCUT2D eigenvalue weighted by Gasteiger charge is -1.80. The largest absolute Gasteiger partial charge is 0.341 e. The highest BCUT2D eigenvalue weighted by Gasteiger charge is 2.01. The van der Waals surface area contributed by atoms with Gasteiger partial charge in [0, 0.05) is 13.1 Å². The molecule has 1 aromatic rings. The van der Waals surface area contributed by atoms with Gasteiger partial charge in [0.1, 0.15) is 4.60 Å². The van der Waals surface area contributed by atoms with Crippen molar-refractivity contribution in [1.82, 2.24) is 9.97 Å². The van der Waals surface area contributed by atoms with E-state index in [0.29, 0.717) is 10.4 Å². The van der Waals surface area contributed by atoms with Crippen LogP contribution in [0.2, 0.25) is 0 Å². The van der Waals surface area contributed by atoms with Gasteiger partial charge in [0.25, 0.3) is 0 Å². The molecule has 4 heteroatoms. The number of nitrogens with zero attached hydrogens (tertiary/aromatic N) is 1. The van der Waals surface area contributed by atoms with Crippen LogP contribution < -0.4 is 0 Å². The summed E-state index contributed by atoms with van der Waals surface area (Å²) < 4.78 is 0.660. The lowest BCUT2D eigenvalue weighted by Crippen LogP contribution is -1.93. The number of H-pyrrole nitrogens is 1. The first-order valence-electron chi connectivity index (χ1n) is 2.42. The van der Waals surface area contributed by atoms with Crippen LogP contribution >= 0.6 is 15.9 Å². The second kappa shape index (κ2) is 2.31. The highest BCUT2D eigenvalue weighted by molar-refractivity contribution is 9.10. The van der Waals surface area contributed by atoms with Gasteiger partial charge >= 0.3 is 0 Å². The zero-order chi connectivity index (χ0) is 6.85. The van der Waals surface area contributed by atoms with Crippen molar-refractivity contribution in [1.29, 1.82) is 0 Å². The molecular formula is C5H5BrN2O. The summed E-state index contributed by atoms with van der Waals surface area (Å²) in [6, 6.07) is 0. The van der Waals surface area contributed by atoms with Crippen molar-refractivity contribution in [2.45, 2.75) is 6.92 Å². The molecule has 0 aliphatic heterocycles. The van der Waals surface area contributed by atoms with Crippen molar-refractivity contribution in [3.63, 3.8) is 0 Å². The molecule has 0 atom stereocenters. The summed E-state index contributed by atoms with van der Waals surface area (Å²) in [6.07, 6.45) is 1.62. The summed E-state index contributed by atoms with van der Waals surface area (Å²) in [5.41, 5.74) is 0. The topological polar surface area (TPSA) is 45.8 Å². The summed E-state index contributed by atoms with van der Waals surface area (Å²) in [5, 5.41) is 0. The molecule has 0 amide bonds. The van der Waals surface area contributed by atoms with Gasteiger partial charge < -0.3 is 4.98 Å². The number of carbonyl (C=O) groups is 1. The Morgan fingerprint density at radius 3 is 2.78 bits per heavy atom. The Kier molecular flexibility index (Phi) is 1.66. The Morgan fingerprint density at radius 1 is 1.89 bits per heavy atom. The zero-order valence-corrected chi connectivity index (χ0v) is 6.40. The Bertz CT molecular complexity index is 231. The highest BCUT2D eigenvalue weighted by Crippen LogP contribution is 2.04. The Labute approximate surface area is 60.6 Å². The van der Waals surface area contributed by atoms with Gasteiger partial charge in [-0.15, -0.1) is 0 Å². The molecule has 0 bridgehead atoms. The van der Waals surface area contributed by atoms with E-state index < -0.39 is 0 Å². The third-order valence-electron chi connectivity index (χ3n) is 0.880. The van der Waals surface area contributed by atoms with Gasteiger partial charge in [-0.1, -0.05) is 0 Å². The summed E-state index contributed by atoms with van der Waals surface area (Å²) in [4.78, 5) is 17.1. The molecule has 0 radical (unpaired) electrons. The molecule has 0 spiro atoms. The van der Waals surface area contributed by atoms with Crippen molar-refractivity contribution in [3.8, 4) is 0 Å². The van der Waals surface area contributed by atoms with Gasteiger partial charge in [0.05, 0.1) is 0 Å². The second-order valence-electron chi connectivity index (χ2n) is 1.63. The number of imidazole rings is 1. The van der Waals surface area contributed by atoms with E-state index in [1.807, 2.05) is 0 Å². The predicted octanol–water partition coefficient (Wildman–Crippen LogP) is 1.37. The smallest absolute Gasteiger partial charge is 0.195 e. The molecule has 1 N–H and O–H groups in total. The third kappa shape index (κ3) is 1.38. The lowest BCUT2D eigenvalue weighted by molar-refractivity contribution is 0.100. The lowest BCUT2D eigenvalue weighted by atomic mass is 10.4. The van der Waals surface area contributed by atoms with Crippen LogP contribution in [0.4, 0.5) is 0 Å². The molecule has 48 valence electrons. The normalized spacial score (nSPS) is 9.56. The van der Waals surface area contributed by atoms with Gasteiger partial charge in [-0.25, -0.2) is 4.98 Å². The van der Waals surface area contributed by atoms with Crippen LogP contribution in [-0.2, 0) is 0 Å². The summed E-state index contributed by atoms with van der Waals surface area (Å²) in [6.45, 7) is 1.46. The Morgan fingerprint density at radius 2 is 2.56 bits per heavy atom. The number of ketones is 1. The minimum atomic E-state index is -0.0549. The number of rotatable bonds is 1. The van der Waals surface area contributed by atoms with Crippen LogP contribution in [0.15, 0.2) is 10.8 Å². The quantitative estimate of drug-likeness (QED) is 0.678. The van der Waals surface area contributed by atoms with E-state index in [0.717, 1.165) is 0 Å². The number of carbonyl (C=O) groups excluding carboxylic acids is 1. The van der Waals surface area contributed by atoms with Crippen LogP contribution in [0.1, 0.15) is 17.5 Å². The highest BCUT2D eigenvalue weighted by atomic mass is 79.9. The van der Waals surface area contributed by atoms with Gasteiger partial charge in [-0.2, -0.15) is 0 Å². The van der Waals surface area contributed by atoms with Gasteiger partial charge in [-0.3, -0.25) is 4.79 Å². The van der Waals surface area contributed by atoms with Crippen molar-refractivity contribution in [2.24, 2.45) is 0 Å². The van der Waals surface area contributed by atoms with Crippen LogP contribution in [0.5, 0.6) is 0 Å². The van der Waals surface area contributed by atoms with E-state index in [9.17, 15) is 4.79 Å². The fourth-order valence-corrected chi connectivity index (χ4v) is 0.771. The monoisotopic (exact) mass is 188 g/mol. The first-order chi connectivity index (χ1) is 4.20. The molecule has 0 unspecified atom stereocenters. The summed E-state index contributed by atoms with van der Waals surface area (Å²) in [7, 11) is 0. The molecule has 0 fully saturated rings. The van der Waals surface area contributed by atoms with Crippen molar-refractivity contribution < 1.29 is 4.79 Å². The molecular weight excluding hydrogens is 184 g/mol. The maximum absolute atomic E-state index is 10.5. The summed E-state index contributed by atoms with van der Waals surface area (Å²) in [5.74, 6) is 0.336. The first kappa shape index (κ1) is 6.48. The number of aromatic nitrogens is 2. The van der Waals surface area contributed by atoms with E-state index in [2.05, 4.69) is 25.9 Å². The fraction of sp³-hybridized carbons (Fsp3) is 0.200. The molecule has 0 aliphatic carbocycles. The maximum atomic E-state index is 10.5. The molecule has 1 aromatic heterocycles. The van der Waals surface area contributed by atoms with Gasteiger partial charge in [0.2, 0.25) is 0 Å². The Balaban J connectivity index is 2.98. The maximum Gasteiger partial charge on any atom is 0.195 e. The molecule has 0 saturated heterocycles. The minimum absolute atomic E-state index is 0.0549. The van der Waals surface area contributed by atoms with E-state index in [1.54, 1.807) is 6.20 Å². The van der Waals surface area contributed by atoms with E-state index in [1.165, 1.54) is 6.92 Å². The third-order valence-corrected chi connectivity index (χ3v) is 1.29. The van der Waals surface area contributed by atoms with Crippen LogP contribution in [0.3, 0.4) is 0 Å². The van der Waals surface area contributed by atoms with E-state index in [4.69, 9.17) is 0 Å². The van der Waals surface area contributed by atoms with Crippen molar-refractivity contribution in [3.05, 3.63) is 16.6 Å². The second-order valence-corrected chi connectivity index (χ2v) is 2.44. The van der Waals surface area contributed by atoms with Crippen molar-refractivity contribution in [2.75, 3.05) is 0 Å². The molecule has 1 rings (SSSR count). The summed E-state index contributed by atoms with van der Waals surface area (Å²) >= 11 is 3.11. The van der Waals surface area contributed by atoms with Crippen LogP contribution in [0.25, 0.3) is 0 Å². The number of Topliss-reactive ketones (excluding diaryl/α,β-unsaturated/α-hetero) is 1. The van der Waals surface area contributed by atoms with Crippen LogP contribution in [0, 0.1) is 0 Å². The first-order valence-corrected chi connectivity index (χ1v) is 3.21. The van der Waals surface area contributed by atoms with Gasteiger partial charge in [0.15, 0.2) is 11.6 Å².